The number of carbonyl (C=O) groups is 1. The first-order chi connectivity index (χ1) is 14.1. The zero-order chi connectivity index (χ0) is 20.4. The summed E-state index contributed by atoms with van der Waals surface area (Å²) < 4.78 is 1.75. The third-order valence-corrected chi connectivity index (χ3v) is 6.01. The largest absolute Gasteiger partial charge is 0.345 e. The average molecular weight is 393 g/mol. The minimum atomic E-state index is -0.130. The normalized spacial score (nSPS) is 15.8. The number of fused-ring (bicyclic) bond motifs is 2. The second-order valence-corrected chi connectivity index (χ2v) is 7.60. The van der Waals surface area contributed by atoms with Gasteiger partial charge in [-0.15, -0.1) is 0 Å². The van der Waals surface area contributed by atoms with Crippen LogP contribution in [-0.4, -0.2) is 40.0 Å². The Morgan fingerprint density at radius 3 is 2.79 bits per heavy atom. The van der Waals surface area contributed by atoms with Gasteiger partial charge < -0.3 is 15.2 Å². The fraction of sp³-hybridized carbons (Fsp3) is 0.391. The van der Waals surface area contributed by atoms with Crippen molar-refractivity contribution in [3.63, 3.8) is 0 Å². The monoisotopic (exact) mass is 392 g/mol. The average Bonchev–Trinajstić information content (AvgIpc) is 3.28. The fourth-order valence-electron chi connectivity index (χ4n) is 4.26. The zero-order valence-corrected chi connectivity index (χ0v) is 17.1. The Kier molecular flexibility index (Phi) is 5.53. The maximum atomic E-state index is 12.8. The van der Waals surface area contributed by atoms with Gasteiger partial charge in [-0.1, -0.05) is 38.1 Å². The van der Waals surface area contributed by atoms with Gasteiger partial charge in [-0.2, -0.15) is 0 Å². The molecule has 1 heterocycles. The molecule has 6 heteroatoms. The van der Waals surface area contributed by atoms with Gasteiger partial charge in [0, 0.05) is 18.7 Å². The lowest BCUT2D eigenvalue weighted by Crippen LogP contribution is -2.30. The minimum absolute atomic E-state index is 0.0483. The predicted molar refractivity (Wildman–Crippen MR) is 115 cm³/mol. The van der Waals surface area contributed by atoms with Gasteiger partial charge >= 0.3 is 5.69 Å². The van der Waals surface area contributed by atoms with Gasteiger partial charge in [0.25, 0.3) is 5.91 Å². The Hall–Kier alpha value is -2.86. The summed E-state index contributed by atoms with van der Waals surface area (Å²) in [6.45, 7) is 7.61. The van der Waals surface area contributed by atoms with Crippen molar-refractivity contribution in [1.29, 1.82) is 0 Å². The van der Waals surface area contributed by atoms with Crippen LogP contribution in [0.15, 0.2) is 47.3 Å². The van der Waals surface area contributed by atoms with E-state index in [1.54, 1.807) is 16.7 Å². The number of carbonyl (C=O) groups excluding carboxylic acids is 1. The number of aryl methyl sites for hydroxylation is 1. The molecule has 1 atom stereocenters. The number of hydrogen-bond acceptors (Lipinski definition) is 3. The van der Waals surface area contributed by atoms with Crippen LogP contribution < -0.4 is 11.0 Å². The van der Waals surface area contributed by atoms with Crippen molar-refractivity contribution < 1.29 is 4.79 Å². The van der Waals surface area contributed by atoms with Crippen LogP contribution in [0.3, 0.4) is 0 Å². The molecule has 3 aromatic rings. The van der Waals surface area contributed by atoms with E-state index in [0.29, 0.717) is 17.6 Å². The Labute approximate surface area is 170 Å². The standard InChI is InChI=1S/C23H28N4O2/c1-3-26(4-2)13-14-27-21-12-10-17(15-20(21)25-23(27)29)22(28)24-19-11-9-16-7-5-6-8-18(16)19/h5-8,10,12,15,19H,3-4,9,11,13-14H2,1-2H3,(H,24,28)(H,25,29)/t19-/m1/s1. The number of hydrogen-bond donors (Lipinski definition) is 2. The molecule has 0 aliphatic heterocycles. The highest BCUT2D eigenvalue weighted by Crippen LogP contribution is 2.31. The van der Waals surface area contributed by atoms with Gasteiger partial charge in [-0.25, -0.2) is 4.79 Å². The van der Waals surface area contributed by atoms with E-state index in [1.165, 1.54) is 11.1 Å². The van der Waals surface area contributed by atoms with Crippen LogP contribution in [0.25, 0.3) is 11.0 Å². The number of nitrogens with zero attached hydrogens (tertiary/aromatic N) is 2. The fourth-order valence-corrected chi connectivity index (χ4v) is 4.26. The highest BCUT2D eigenvalue weighted by Gasteiger charge is 2.24. The molecule has 4 rings (SSSR count). The smallest absolute Gasteiger partial charge is 0.326 e. The van der Waals surface area contributed by atoms with Crippen LogP contribution in [-0.2, 0) is 13.0 Å². The van der Waals surface area contributed by atoms with Crippen molar-refractivity contribution in [3.8, 4) is 0 Å². The lowest BCUT2D eigenvalue weighted by Gasteiger charge is -2.18. The van der Waals surface area contributed by atoms with Crippen LogP contribution in [0.4, 0.5) is 0 Å². The third kappa shape index (κ3) is 3.85. The second kappa shape index (κ2) is 8.25. The van der Waals surface area contributed by atoms with Crippen molar-refractivity contribution in [2.45, 2.75) is 39.3 Å². The van der Waals surface area contributed by atoms with E-state index >= 15 is 0 Å². The summed E-state index contributed by atoms with van der Waals surface area (Å²) in [4.78, 5) is 30.4. The number of benzene rings is 2. The summed E-state index contributed by atoms with van der Waals surface area (Å²) in [5.74, 6) is -0.106. The number of amides is 1. The molecule has 0 unspecified atom stereocenters. The highest BCUT2D eigenvalue weighted by atomic mass is 16.2. The summed E-state index contributed by atoms with van der Waals surface area (Å²) in [6.07, 6.45) is 1.91. The summed E-state index contributed by atoms with van der Waals surface area (Å²) >= 11 is 0. The topological polar surface area (TPSA) is 70.1 Å². The Bertz CT molecular complexity index is 1080. The molecule has 152 valence electrons. The molecule has 1 aliphatic carbocycles. The molecule has 1 aliphatic rings. The number of rotatable bonds is 7. The molecule has 0 saturated heterocycles. The van der Waals surface area contributed by atoms with E-state index in [0.717, 1.165) is 38.0 Å². The molecule has 0 saturated carbocycles. The molecule has 29 heavy (non-hydrogen) atoms. The highest BCUT2D eigenvalue weighted by molar-refractivity contribution is 5.97. The molecule has 0 radical (unpaired) electrons. The van der Waals surface area contributed by atoms with E-state index in [9.17, 15) is 9.59 Å². The van der Waals surface area contributed by atoms with Gasteiger partial charge in [-0.05, 0) is 55.3 Å². The molecule has 0 fully saturated rings. The molecular formula is C23H28N4O2. The van der Waals surface area contributed by atoms with Crippen molar-refractivity contribution in [3.05, 3.63) is 69.6 Å². The van der Waals surface area contributed by atoms with E-state index in [1.807, 2.05) is 18.2 Å². The number of H-pyrrole nitrogens is 1. The molecule has 2 N–H and O–H groups in total. The molecule has 0 spiro atoms. The van der Waals surface area contributed by atoms with Gasteiger partial charge in [0.1, 0.15) is 0 Å². The third-order valence-electron chi connectivity index (χ3n) is 6.01. The van der Waals surface area contributed by atoms with Crippen LogP contribution in [0.1, 0.15) is 47.8 Å². The van der Waals surface area contributed by atoms with Crippen molar-refractivity contribution >= 4 is 16.9 Å². The first kappa shape index (κ1) is 19.5. The number of nitrogens with one attached hydrogen (secondary N) is 2. The summed E-state index contributed by atoms with van der Waals surface area (Å²) in [5, 5.41) is 3.15. The van der Waals surface area contributed by atoms with Gasteiger partial charge in [0.05, 0.1) is 17.1 Å². The van der Waals surface area contributed by atoms with Crippen LogP contribution in [0.2, 0.25) is 0 Å². The summed E-state index contributed by atoms with van der Waals surface area (Å²) in [5.41, 5.74) is 4.49. The molecule has 6 nitrogen and oxygen atoms in total. The Morgan fingerprint density at radius 1 is 1.21 bits per heavy atom. The second-order valence-electron chi connectivity index (χ2n) is 7.60. The quantitative estimate of drug-likeness (QED) is 0.649. The Morgan fingerprint density at radius 2 is 2.00 bits per heavy atom. The van der Waals surface area contributed by atoms with Crippen molar-refractivity contribution in [2.75, 3.05) is 19.6 Å². The molecular weight excluding hydrogens is 364 g/mol. The summed E-state index contributed by atoms with van der Waals surface area (Å²) in [6, 6.07) is 13.8. The van der Waals surface area contributed by atoms with Gasteiger partial charge in [0.2, 0.25) is 0 Å². The zero-order valence-electron chi connectivity index (χ0n) is 17.1. The summed E-state index contributed by atoms with van der Waals surface area (Å²) in [7, 11) is 0. The Balaban J connectivity index is 1.52. The minimum Gasteiger partial charge on any atom is -0.345 e. The van der Waals surface area contributed by atoms with E-state index in [2.05, 4.69) is 41.2 Å². The lowest BCUT2D eigenvalue weighted by atomic mass is 10.1. The van der Waals surface area contributed by atoms with Crippen LogP contribution in [0, 0.1) is 0 Å². The van der Waals surface area contributed by atoms with Crippen molar-refractivity contribution in [2.24, 2.45) is 0 Å². The lowest BCUT2D eigenvalue weighted by molar-refractivity contribution is 0.0937. The SMILES string of the molecule is CCN(CC)CCn1c(=O)[nH]c2cc(C(=O)N[C@@H]3CCc4ccccc43)ccc21. The van der Waals surface area contributed by atoms with Crippen LogP contribution in [0.5, 0.6) is 0 Å². The predicted octanol–water partition coefficient (Wildman–Crippen LogP) is 3.09. The molecule has 1 amide bonds. The van der Waals surface area contributed by atoms with E-state index in [4.69, 9.17) is 0 Å². The van der Waals surface area contributed by atoms with Gasteiger partial charge in [-0.3, -0.25) is 9.36 Å². The number of aromatic amines is 1. The molecule has 0 bridgehead atoms. The maximum Gasteiger partial charge on any atom is 0.326 e. The maximum absolute atomic E-state index is 12.8. The number of imidazole rings is 1. The first-order valence-corrected chi connectivity index (χ1v) is 10.4. The first-order valence-electron chi connectivity index (χ1n) is 10.4. The molecule has 2 aromatic carbocycles. The van der Waals surface area contributed by atoms with Gasteiger partial charge in [0.15, 0.2) is 0 Å². The van der Waals surface area contributed by atoms with Crippen LogP contribution >= 0.6 is 0 Å². The van der Waals surface area contributed by atoms with Crippen molar-refractivity contribution in [1.82, 2.24) is 19.8 Å². The number of aromatic nitrogens is 2. The van der Waals surface area contributed by atoms with E-state index in [-0.39, 0.29) is 17.6 Å². The van der Waals surface area contributed by atoms with E-state index < -0.39 is 0 Å². The molecule has 1 aromatic heterocycles. The number of likely N-dealkylation sites (N-methyl/N-ethyl adjacent to an activating group) is 1.